The van der Waals surface area contributed by atoms with Gasteiger partial charge in [0.2, 0.25) is 0 Å². The number of aryl methyl sites for hydroxylation is 1. The van der Waals surface area contributed by atoms with Gasteiger partial charge < -0.3 is 9.55 Å². The number of benzene rings is 3. The van der Waals surface area contributed by atoms with Crippen LogP contribution >= 0.6 is 11.6 Å². The second-order valence-corrected chi connectivity index (χ2v) is 8.41. The van der Waals surface area contributed by atoms with E-state index in [9.17, 15) is 10.1 Å². The van der Waals surface area contributed by atoms with Crippen LogP contribution in [0.1, 0.15) is 5.56 Å². The highest BCUT2D eigenvalue weighted by atomic mass is 35.5. The van der Waals surface area contributed by atoms with Gasteiger partial charge >= 0.3 is 5.69 Å². The first-order chi connectivity index (χ1) is 15.6. The molecule has 0 radical (unpaired) electrons. The number of nitro groups is 1. The van der Waals surface area contributed by atoms with Crippen molar-refractivity contribution in [1.29, 1.82) is 0 Å². The van der Waals surface area contributed by atoms with E-state index in [0.29, 0.717) is 22.8 Å². The topological polar surface area (TPSA) is 63.9 Å². The van der Waals surface area contributed by atoms with Crippen molar-refractivity contribution in [3.8, 4) is 33.8 Å². The Bertz CT molecular complexity index is 1500. The molecule has 0 saturated heterocycles. The number of hydrogen-bond acceptors (Lipinski definition) is 2. The minimum absolute atomic E-state index is 0.125. The molecule has 0 atom stereocenters. The largest absolute Gasteiger partial charge is 0.353 e. The number of aromatic nitrogens is 2. The Labute approximate surface area is 189 Å². The molecule has 6 heteroatoms. The number of nitrogens with one attached hydrogen (secondary N) is 1. The number of hydrogen-bond donors (Lipinski definition) is 1. The minimum atomic E-state index is -0.250. The minimum Gasteiger partial charge on any atom is -0.353 e. The van der Waals surface area contributed by atoms with Crippen LogP contribution in [0.4, 0.5) is 5.69 Å². The third kappa shape index (κ3) is 2.71. The molecular weight excluding hydrogens is 422 g/mol. The first-order valence-corrected chi connectivity index (χ1v) is 10.8. The van der Waals surface area contributed by atoms with E-state index >= 15 is 0 Å². The number of aromatic amines is 1. The van der Waals surface area contributed by atoms with Crippen LogP contribution in [-0.2, 0) is 13.0 Å². The highest BCUT2D eigenvalue weighted by Gasteiger charge is 2.36. The lowest BCUT2D eigenvalue weighted by Gasteiger charge is -2.19. The standard InChI is InChI=1S/C26H18ClN3O2/c27-18-12-10-16(11-13-18)22-25-23-20(19-8-4-5-9-21(19)28-23)14-15-29(25)24(26(22)30(31)32)17-6-2-1-3-7-17/h1-13,28H,14-15H2. The van der Waals surface area contributed by atoms with Crippen LogP contribution in [0, 0.1) is 10.1 Å². The molecule has 5 aromatic rings. The summed E-state index contributed by atoms with van der Waals surface area (Å²) in [6.07, 6.45) is 0.804. The maximum Gasteiger partial charge on any atom is 0.303 e. The summed E-state index contributed by atoms with van der Waals surface area (Å²) in [5.74, 6) is 0. The molecule has 0 fully saturated rings. The Morgan fingerprint density at radius 3 is 2.34 bits per heavy atom. The first-order valence-electron chi connectivity index (χ1n) is 10.5. The van der Waals surface area contributed by atoms with Gasteiger partial charge in [0.1, 0.15) is 5.69 Å². The van der Waals surface area contributed by atoms with E-state index in [2.05, 4.69) is 21.7 Å². The second-order valence-electron chi connectivity index (χ2n) is 7.98. The maximum atomic E-state index is 12.5. The molecule has 2 aromatic heterocycles. The lowest BCUT2D eigenvalue weighted by atomic mass is 9.97. The molecule has 0 spiro atoms. The van der Waals surface area contributed by atoms with Gasteiger partial charge in [-0.1, -0.05) is 72.3 Å². The third-order valence-corrected chi connectivity index (χ3v) is 6.49. The highest BCUT2D eigenvalue weighted by molar-refractivity contribution is 6.30. The smallest absolute Gasteiger partial charge is 0.303 e. The number of H-pyrrole nitrogens is 1. The van der Waals surface area contributed by atoms with Gasteiger partial charge in [-0.3, -0.25) is 10.1 Å². The van der Waals surface area contributed by atoms with Gasteiger partial charge in [-0.2, -0.15) is 0 Å². The molecule has 1 aliphatic rings. The van der Waals surface area contributed by atoms with Crippen molar-refractivity contribution in [2.45, 2.75) is 13.0 Å². The summed E-state index contributed by atoms with van der Waals surface area (Å²) < 4.78 is 2.11. The molecule has 3 heterocycles. The summed E-state index contributed by atoms with van der Waals surface area (Å²) in [5.41, 5.74) is 7.05. The zero-order chi connectivity index (χ0) is 21.8. The summed E-state index contributed by atoms with van der Waals surface area (Å²) in [7, 11) is 0. The van der Waals surface area contributed by atoms with Crippen molar-refractivity contribution < 1.29 is 4.92 Å². The lowest BCUT2D eigenvalue weighted by molar-refractivity contribution is -0.383. The van der Waals surface area contributed by atoms with E-state index in [1.165, 1.54) is 10.9 Å². The quantitative estimate of drug-likeness (QED) is 0.241. The van der Waals surface area contributed by atoms with Gasteiger partial charge in [0.15, 0.2) is 0 Å². The number of para-hydroxylation sites is 1. The lowest BCUT2D eigenvalue weighted by Crippen LogP contribution is -2.11. The highest BCUT2D eigenvalue weighted by Crippen LogP contribution is 2.51. The number of fused-ring (bicyclic) bond motifs is 5. The Morgan fingerprint density at radius 2 is 1.59 bits per heavy atom. The molecule has 5 nitrogen and oxygen atoms in total. The van der Waals surface area contributed by atoms with Gasteiger partial charge in [-0.15, -0.1) is 0 Å². The predicted molar refractivity (Wildman–Crippen MR) is 128 cm³/mol. The van der Waals surface area contributed by atoms with E-state index in [1.54, 1.807) is 12.1 Å². The van der Waals surface area contributed by atoms with Crippen LogP contribution in [0.15, 0.2) is 78.9 Å². The fourth-order valence-corrected chi connectivity index (χ4v) is 5.06. The van der Waals surface area contributed by atoms with Crippen molar-refractivity contribution in [3.05, 3.63) is 99.6 Å². The Hall–Kier alpha value is -3.83. The summed E-state index contributed by atoms with van der Waals surface area (Å²) in [6.45, 7) is 0.669. The first kappa shape index (κ1) is 18.9. The normalized spacial score (nSPS) is 12.5. The van der Waals surface area contributed by atoms with Crippen molar-refractivity contribution in [1.82, 2.24) is 9.55 Å². The van der Waals surface area contributed by atoms with Crippen molar-refractivity contribution in [2.75, 3.05) is 0 Å². The predicted octanol–water partition coefficient (Wildman–Crippen LogP) is 7.09. The Morgan fingerprint density at radius 1 is 0.875 bits per heavy atom. The summed E-state index contributed by atoms with van der Waals surface area (Å²) >= 11 is 6.14. The van der Waals surface area contributed by atoms with Gasteiger partial charge in [0, 0.05) is 28.0 Å². The molecule has 0 aliphatic carbocycles. The van der Waals surface area contributed by atoms with Crippen molar-refractivity contribution in [3.63, 3.8) is 0 Å². The number of nitrogens with zero attached hydrogens (tertiary/aromatic N) is 2. The summed E-state index contributed by atoms with van der Waals surface area (Å²) in [5, 5.41) is 14.3. The van der Waals surface area contributed by atoms with Gasteiger partial charge in [-0.25, -0.2) is 0 Å². The molecule has 6 rings (SSSR count). The summed E-state index contributed by atoms with van der Waals surface area (Å²) in [6, 6.07) is 25.1. The van der Waals surface area contributed by atoms with Gasteiger partial charge in [-0.05, 0) is 35.7 Å². The second kappa shape index (κ2) is 7.11. The zero-order valence-electron chi connectivity index (χ0n) is 17.0. The molecule has 0 bridgehead atoms. The molecule has 0 saturated carbocycles. The molecule has 1 aliphatic heterocycles. The average Bonchev–Trinajstić information content (AvgIpc) is 3.36. The third-order valence-electron chi connectivity index (χ3n) is 6.24. The van der Waals surface area contributed by atoms with Crippen LogP contribution in [0.3, 0.4) is 0 Å². The van der Waals surface area contributed by atoms with Crippen molar-refractivity contribution in [2.24, 2.45) is 0 Å². The fourth-order valence-electron chi connectivity index (χ4n) is 4.93. The summed E-state index contributed by atoms with van der Waals surface area (Å²) in [4.78, 5) is 15.8. The number of rotatable bonds is 3. The Balaban J connectivity index is 1.77. The van der Waals surface area contributed by atoms with Crippen LogP contribution in [0.5, 0.6) is 0 Å². The monoisotopic (exact) mass is 439 g/mol. The molecule has 3 aromatic carbocycles. The van der Waals surface area contributed by atoms with Crippen LogP contribution < -0.4 is 0 Å². The molecule has 1 N–H and O–H groups in total. The van der Waals surface area contributed by atoms with E-state index in [1.807, 2.05) is 54.6 Å². The Kier molecular flexibility index (Phi) is 4.20. The molecular formula is C26H18ClN3O2. The van der Waals surface area contributed by atoms with Crippen LogP contribution in [-0.4, -0.2) is 14.5 Å². The molecule has 0 unspecified atom stereocenters. The van der Waals surface area contributed by atoms with Gasteiger partial charge in [0.25, 0.3) is 0 Å². The van der Waals surface area contributed by atoms with Crippen LogP contribution in [0.25, 0.3) is 44.7 Å². The van der Waals surface area contributed by atoms with E-state index in [-0.39, 0.29) is 10.6 Å². The number of halogens is 1. The van der Waals surface area contributed by atoms with E-state index in [0.717, 1.165) is 34.5 Å². The van der Waals surface area contributed by atoms with Gasteiger partial charge in [0.05, 0.1) is 21.9 Å². The van der Waals surface area contributed by atoms with E-state index in [4.69, 9.17) is 11.6 Å². The van der Waals surface area contributed by atoms with Crippen molar-refractivity contribution >= 4 is 28.2 Å². The van der Waals surface area contributed by atoms with Crippen LogP contribution in [0.2, 0.25) is 5.02 Å². The molecule has 32 heavy (non-hydrogen) atoms. The maximum absolute atomic E-state index is 12.5. The van der Waals surface area contributed by atoms with E-state index < -0.39 is 0 Å². The fraction of sp³-hybridized carbons (Fsp3) is 0.0769. The zero-order valence-corrected chi connectivity index (χ0v) is 17.8. The molecule has 156 valence electrons. The SMILES string of the molecule is O=[N+]([O-])c1c(-c2ccc(Cl)cc2)c2n(c1-c1ccccc1)CCc1c-2[nH]c2ccccc12. The molecule has 0 amide bonds. The average molecular weight is 440 g/mol.